The summed E-state index contributed by atoms with van der Waals surface area (Å²) in [6.07, 6.45) is 0. The Morgan fingerprint density at radius 2 is 1.25 bits per heavy atom. The molecule has 0 heterocycles. The third-order valence-electron chi connectivity index (χ3n) is 0. The van der Waals surface area contributed by atoms with Gasteiger partial charge in [-0.15, -0.1) is 0 Å². The van der Waals surface area contributed by atoms with Crippen LogP contribution in [0.15, 0.2) is 0 Å². The van der Waals surface area contributed by atoms with E-state index in [2.05, 4.69) is 15.8 Å². The van der Waals surface area contributed by atoms with Crippen molar-refractivity contribution in [3.8, 4) is 0 Å². The van der Waals surface area contributed by atoms with Crippen LogP contribution >= 0.6 is 10.7 Å². The van der Waals surface area contributed by atoms with Crippen LogP contribution in [0, 0.1) is 0 Å². The van der Waals surface area contributed by atoms with E-state index in [9.17, 15) is 8.42 Å². The monoisotopic (exact) mass is 173 g/mol. The standard InChI is InChI=1S/ClH2NO2S.Mg.2H2O/c1-5(2,3)4;;;/h(H2,2,3,4);;2*1H2/q;+2;;/p-2. The Morgan fingerprint density at radius 1 is 1.25 bits per heavy atom. The molecule has 0 aromatic carbocycles. The summed E-state index contributed by atoms with van der Waals surface area (Å²) in [6.45, 7) is 0. The van der Waals surface area contributed by atoms with Crippen LogP contribution in [-0.4, -0.2) is 42.4 Å². The predicted molar refractivity (Wildman–Crippen MR) is 28.6 cm³/mol. The van der Waals surface area contributed by atoms with Crippen molar-refractivity contribution in [3.63, 3.8) is 0 Å². The van der Waals surface area contributed by atoms with Crippen molar-refractivity contribution in [2.45, 2.75) is 0 Å². The van der Waals surface area contributed by atoms with Gasteiger partial charge in [0.2, 0.25) is 0 Å². The van der Waals surface area contributed by atoms with Gasteiger partial charge in [0.1, 0.15) is 0 Å². The Kier molecular flexibility index (Phi) is 22.8. The van der Waals surface area contributed by atoms with E-state index in [0.29, 0.717) is 0 Å². The molecule has 0 aromatic heterocycles. The average Bonchev–Trinajstić information content (AvgIpc) is 0.722. The van der Waals surface area contributed by atoms with Crippen molar-refractivity contribution in [1.29, 1.82) is 0 Å². The van der Waals surface area contributed by atoms with Crippen LogP contribution in [-0.2, 0) is 9.24 Å². The normalized spacial score (nSPS) is 7.25. The van der Waals surface area contributed by atoms with Gasteiger partial charge in [-0.25, -0.2) is 5.14 Å². The van der Waals surface area contributed by atoms with Gasteiger partial charge in [0.05, 0.1) is 0 Å². The van der Waals surface area contributed by atoms with E-state index >= 15 is 0 Å². The zero-order valence-corrected chi connectivity index (χ0v) is 6.77. The maximum absolute atomic E-state index is 9.18. The summed E-state index contributed by atoms with van der Waals surface area (Å²) in [5.74, 6) is 0. The summed E-state index contributed by atoms with van der Waals surface area (Å²) in [5.41, 5.74) is 0. The Labute approximate surface area is 67.5 Å². The molecule has 0 saturated carbocycles. The predicted octanol–water partition coefficient (Wildman–Crippen LogP) is -1.31. The van der Waals surface area contributed by atoms with E-state index in [4.69, 9.17) is 0 Å². The summed E-state index contributed by atoms with van der Waals surface area (Å²) in [5, 5.41) is 4.09. The number of hydrogen-bond donors (Lipinski definition) is 1. The molecule has 0 fully saturated rings. The van der Waals surface area contributed by atoms with Crippen LogP contribution in [0.5, 0.6) is 0 Å². The largest absolute Gasteiger partial charge is 2.00 e. The van der Waals surface area contributed by atoms with Gasteiger partial charge in [0.25, 0.3) is 9.24 Å². The van der Waals surface area contributed by atoms with E-state index in [1.807, 2.05) is 0 Å². The van der Waals surface area contributed by atoms with Crippen LogP contribution in [0.4, 0.5) is 0 Å². The fourth-order valence-corrected chi connectivity index (χ4v) is 0. The summed E-state index contributed by atoms with van der Waals surface area (Å²) in [6, 6.07) is 0. The van der Waals surface area contributed by atoms with Crippen LogP contribution in [0.1, 0.15) is 0 Å². The second-order valence-corrected chi connectivity index (χ2v) is 2.72. The van der Waals surface area contributed by atoms with Crippen LogP contribution in [0.3, 0.4) is 0 Å². The fourth-order valence-electron chi connectivity index (χ4n) is 0. The number of nitrogens with two attached hydrogens (primary N) is 1. The van der Waals surface area contributed by atoms with Crippen molar-refractivity contribution < 1.29 is 19.4 Å². The van der Waals surface area contributed by atoms with Crippen molar-refractivity contribution in [2.75, 3.05) is 0 Å². The van der Waals surface area contributed by atoms with E-state index in [1.165, 1.54) is 0 Å². The topological polar surface area (TPSA) is 120 Å². The molecule has 0 unspecified atom stereocenters. The Morgan fingerprint density at radius 3 is 1.25 bits per heavy atom. The first-order valence-corrected chi connectivity index (χ1v) is 3.10. The Balaban J connectivity index is -0.0000000267. The van der Waals surface area contributed by atoms with Crippen molar-refractivity contribution in [2.24, 2.45) is 5.14 Å². The first kappa shape index (κ1) is 23.1. The molecule has 48 valence electrons. The minimum atomic E-state index is -3.69. The summed E-state index contributed by atoms with van der Waals surface area (Å²) in [7, 11) is 0.586. The van der Waals surface area contributed by atoms with Gasteiger partial charge in [-0.1, -0.05) is 0 Å². The number of hydrogen-bond acceptors (Lipinski definition) is 4. The minimum absolute atomic E-state index is 0. The van der Waals surface area contributed by atoms with Gasteiger partial charge in [0, 0.05) is 10.7 Å². The molecule has 0 aliphatic rings. The van der Waals surface area contributed by atoms with Gasteiger partial charge in [0.15, 0.2) is 0 Å². The fraction of sp³-hybridized carbons (Fsp3) is 0. The van der Waals surface area contributed by atoms with Crippen molar-refractivity contribution in [3.05, 3.63) is 0 Å². The van der Waals surface area contributed by atoms with Gasteiger partial charge in [-0.05, 0) is 0 Å². The van der Waals surface area contributed by atoms with Crippen LogP contribution < -0.4 is 5.14 Å². The molecule has 0 aliphatic carbocycles. The first-order chi connectivity index (χ1) is 2.00. The van der Waals surface area contributed by atoms with Crippen molar-refractivity contribution in [1.82, 2.24) is 0 Å². The van der Waals surface area contributed by atoms with E-state index in [-0.39, 0.29) is 34.0 Å². The third-order valence-corrected chi connectivity index (χ3v) is 0. The third kappa shape index (κ3) is 304. The minimum Gasteiger partial charge on any atom is -0.870 e. The zero-order valence-electron chi connectivity index (χ0n) is 3.78. The van der Waals surface area contributed by atoms with E-state index in [1.54, 1.807) is 0 Å². The second kappa shape index (κ2) is 7.89. The van der Waals surface area contributed by atoms with Gasteiger partial charge >= 0.3 is 23.1 Å². The van der Waals surface area contributed by atoms with Crippen LogP contribution in [0.2, 0.25) is 0 Å². The molecule has 0 aliphatic heterocycles. The second-order valence-electron chi connectivity index (χ2n) is 0.476. The molecule has 0 radical (unpaired) electrons. The molecule has 0 bridgehead atoms. The van der Waals surface area contributed by atoms with E-state index < -0.39 is 9.24 Å². The quantitative estimate of drug-likeness (QED) is 0.362. The molecule has 0 amide bonds. The number of rotatable bonds is 0. The first-order valence-electron chi connectivity index (χ1n) is 0.723. The molecular weight excluding hydrogens is 170 g/mol. The SMILES string of the molecule is NS(=O)(=O)Cl.[Mg+2].[OH-].[OH-]. The Bertz CT molecular complexity index is 99.2. The maximum Gasteiger partial charge on any atom is 2.00 e. The Hall–Kier alpha value is 0.886. The van der Waals surface area contributed by atoms with Gasteiger partial charge in [-0.2, -0.15) is 8.42 Å². The van der Waals surface area contributed by atoms with Crippen LogP contribution in [0.25, 0.3) is 0 Å². The average molecular weight is 174 g/mol. The van der Waals surface area contributed by atoms with Gasteiger partial charge < -0.3 is 11.0 Å². The molecule has 0 aromatic rings. The molecule has 8 heavy (non-hydrogen) atoms. The molecule has 0 atom stereocenters. The summed E-state index contributed by atoms with van der Waals surface area (Å²) >= 11 is 0. The summed E-state index contributed by atoms with van der Waals surface area (Å²) < 4.78 is 18.4. The molecule has 8 heteroatoms. The maximum atomic E-state index is 9.18. The molecule has 0 saturated heterocycles. The van der Waals surface area contributed by atoms with Gasteiger partial charge in [-0.3, -0.25) is 0 Å². The van der Waals surface area contributed by atoms with Crippen molar-refractivity contribution >= 4 is 43.0 Å². The smallest absolute Gasteiger partial charge is 0.870 e. The number of halogens is 1. The molecule has 4 N–H and O–H groups in total. The van der Waals surface area contributed by atoms with E-state index in [0.717, 1.165) is 0 Å². The molecule has 0 rings (SSSR count). The zero-order chi connectivity index (χ0) is 4.50. The molecule has 0 spiro atoms. The summed E-state index contributed by atoms with van der Waals surface area (Å²) in [4.78, 5) is 0. The molecule has 5 nitrogen and oxygen atoms in total. The molecular formula is H4ClMgNO4S.